The van der Waals surface area contributed by atoms with Crippen LogP contribution in [0.1, 0.15) is 30.9 Å². The topological polar surface area (TPSA) is 49.9 Å². The van der Waals surface area contributed by atoms with Gasteiger partial charge in [0.05, 0.1) is 0 Å². The molecule has 0 amide bonds. The van der Waals surface area contributed by atoms with E-state index in [4.69, 9.17) is 11.1 Å². The number of nitrogens with two attached hydrogens (primary N) is 1. The number of rotatable bonds is 2. The first-order valence-corrected chi connectivity index (χ1v) is 4.57. The van der Waals surface area contributed by atoms with Gasteiger partial charge in [-0.25, -0.2) is 0 Å². The summed E-state index contributed by atoms with van der Waals surface area (Å²) in [6.45, 7) is 2.27. The minimum Gasteiger partial charge on any atom is -0.384 e. The lowest BCUT2D eigenvalue weighted by molar-refractivity contribution is 0.788. The smallest absolute Gasteiger partial charge is 0.122 e. The molecule has 0 aliphatic heterocycles. The Bertz CT molecular complexity index is 334. The van der Waals surface area contributed by atoms with Gasteiger partial charge >= 0.3 is 0 Å². The third-order valence-electron chi connectivity index (χ3n) is 2.89. The van der Waals surface area contributed by atoms with Gasteiger partial charge in [-0.15, -0.1) is 0 Å². The highest BCUT2D eigenvalue weighted by molar-refractivity contribution is 5.94. The summed E-state index contributed by atoms with van der Waals surface area (Å²) in [5.41, 5.74) is 7.97. The zero-order chi connectivity index (χ0) is 9.47. The zero-order valence-corrected chi connectivity index (χ0v) is 7.80. The van der Waals surface area contributed by atoms with Crippen molar-refractivity contribution in [2.45, 2.75) is 25.2 Å². The maximum Gasteiger partial charge on any atom is 0.122 e. The van der Waals surface area contributed by atoms with Gasteiger partial charge in [-0.05, 0) is 23.8 Å². The minimum absolute atomic E-state index is 0.146. The molecule has 13 heavy (non-hydrogen) atoms. The van der Waals surface area contributed by atoms with Crippen LogP contribution < -0.4 is 5.73 Å². The molecule has 0 aromatic heterocycles. The second-order valence-corrected chi connectivity index (χ2v) is 4.05. The third-order valence-corrected chi connectivity index (χ3v) is 2.89. The molecule has 1 aliphatic rings. The molecule has 0 atom stereocenters. The summed E-state index contributed by atoms with van der Waals surface area (Å²) in [6.07, 6.45) is 2.57. The van der Waals surface area contributed by atoms with Crippen molar-refractivity contribution in [3.63, 3.8) is 0 Å². The molecule has 2 nitrogen and oxygen atoms in total. The number of amidine groups is 1. The van der Waals surface area contributed by atoms with E-state index in [0.717, 1.165) is 5.56 Å². The fourth-order valence-electron chi connectivity index (χ4n) is 1.53. The molecule has 1 saturated carbocycles. The first kappa shape index (κ1) is 8.30. The van der Waals surface area contributed by atoms with E-state index in [1.54, 1.807) is 0 Å². The maximum absolute atomic E-state index is 7.26. The van der Waals surface area contributed by atoms with Gasteiger partial charge in [0.1, 0.15) is 5.84 Å². The number of nitrogen functional groups attached to an aromatic ring is 1. The highest BCUT2D eigenvalue weighted by Gasteiger charge is 2.38. The lowest BCUT2D eigenvalue weighted by Crippen LogP contribution is -2.11. The van der Waals surface area contributed by atoms with Gasteiger partial charge in [0.25, 0.3) is 0 Å². The molecule has 68 valence electrons. The van der Waals surface area contributed by atoms with Crippen LogP contribution in [0.5, 0.6) is 0 Å². The predicted molar refractivity (Wildman–Crippen MR) is 54.0 cm³/mol. The van der Waals surface area contributed by atoms with E-state index >= 15 is 0 Å². The van der Waals surface area contributed by atoms with Gasteiger partial charge in [0.15, 0.2) is 0 Å². The van der Waals surface area contributed by atoms with E-state index in [1.165, 1.54) is 18.4 Å². The van der Waals surface area contributed by atoms with Crippen molar-refractivity contribution in [2.75, 3.05) is 0 Å². The van der Waals surface area contributed by atoms with Gasteiger partial charge in [-0.2, -0.15) is 0 Å². The summed E-state index contributed by atoms with van der Waals surface area (Å²) >= 11 is 0. The van der Waals surface area contributed by atoms with Gasteiger partial charge in [-0.3, -0.25) is 5.41 Å². The summed E-state index contributed by atoms with van der Waals surface area (Å²) < 4.78 is 0. The van der Waals surface area contributed by atoms with Gasteiger partial charge < -0.3 is 5.73 Å². The van der Waals surface area contributed by atoms with Crippen molar-refractivity contribution >= 4 is 5.84 Å². The van der Waals surface area contributed by atoms with Crippen LogP contribution in [-0.2, 0) is 5.41 Å². The summed E-state index contributed by atoms with van der Waals surface area (Å²) in [4.78, 5) is 0. The van der Waals surface area contributed by atoms with Gasteiger partial charge in [-0.1, -0.05) is 31.2 Å². The van der Waals surface area contributed by atoms with Crippen molar-refractivity contribution < 1.29 is 0 Å². The Morgan fingerprint density at radius 2 is 1.85 bits per heavy atom. The largest absolute Gasteiger partial charge is 0.384 e. The molecular weight excluding hydrogens is 160 g/mol. The second-order valence-electron chi connectivity index (χ2n) is 4.05. The first-order chi connectivity index (χ1) is 6.12. The van der Waals surface area contributed by atoms with Crippen molar-refractivity contribution in [2.24, 2.45) is 5.73 Å². The van der Waals surface area contributed by atoms with E-state index in [1.807, 2.05) is 12.1 Å². The molecule has 0 radical (unpaired) electrons. The maximum atomic E-state index is 7.26. The van der Waals surface area contributed by atoms with Crippen LogP contribution in [-0.4, -0.2) is 5.84 Å². The molecule has 1 fully saturated rings. The highest BCUT2D eigenvalue weighted by Crippen LogP contribution is 2.47. The Kier molecular flexibility index (Phi) is 1.65. The van der Waals surface area contributed by atoms with Crippen molar-refractivity contribution in [1.82, 2.24) is 0 Å². The molecule has 0 unspecified atom stereocenters. The zero-order valence-electron chi connectivity index (χ0n) is 7.80. The fraction of sp³-hybridized carbons (Fsp3) is 0.364. The Hall–Kier alpha value is -1.31. The van der Waals surface area contributed by atoms with E-state index in [-0.39, 0.29) is 5.84 Å². The molecular formula is C11H14N2. The van der Waals surface area contributed by atoms with Crippen molar-refractivity contribution in [1.29, 1.82) is 5.41 Å². The van der Waals surface area contributed by atoms with Crippen LogP contribution in [0.3, 0.4) is 0 Å². The summed E-state index contributed by atoms with van der Waals surface area (Å²) in [5, 5.41) is 7.26. The summed E-state index contributed by atoms with van der Waals surface area (Å²) in [6, 6.07) is 8.04. The molecule has 2 heteroatoms. The number of hydrogen-bond acceptors (Lipinski definition) is 1. The molecule has 0 saturated heterocycles. The minimum atomic E-state index is 0.146. The van der Waals surface area contributed by atoms with Crippen molar-refractivity contribution in [3.8, 4) is 0 Å². The fourth-order valence-corrected chi connectivity index (χ4v) is 1.53. The molecule has 1 aromatic carbocycles. The molecule has 2 rings (SSSR count). The normalized spacial score (nSPS) is 18.2. The molecule has 3 N–H and O–H groups in total. The van der Waals surface area contributed by atoms with E-state index in [9.17, 15) is 0 Å². The van der Waals surface area contributed by atoms with Gasteiger partial charge in [0.2, 0.25) is 0 Å². The highest BCUT2D eigenvalue weighted by atomic mass is 14.7. The van der Waals surface area contributed by atoms with Crippen LogP contribution in [0.15, 0.2) is 24.3 Å². The van der Waals surface area contributed by atoms with Crippen LogP contribution in [0, 0.1) is 5.41 Å². The van der Waals surface area contributed by atoms with E-state index < -0.39 is 0 Å². The first-order valence-electron chi connectivity index (χ1n) is 4.57. The quantitative estimate of drug-likeness (QED) is 0.523. The van der Waals surface area contributed by atoms with Crippen LogP contribution in [0.4, 0.5) is 0 Å². The number of hydrogen-bond donors (Lipinski definition) is 2. The molecule has 0 bridgehead atoms. The van der Waals surface area contributed by atoms with Crippen LogP contribution in [0.2, 0.25) is 0 Å². The average molecular weight is 174 g/mol. The van der Waals surface area contributed by atoms with Crippen molar-refractivity contribution in [3.05, 3.63) is 35.4 Å². The molecule has 1 aliphatic carbocycles. The lowest BCUT2D eigenvalue weighted by Gasteiger charge is -2.08. The van der Waals surface area contributed by atoms with Crippen LogP contribution in [0.25, 0.3) is 0 Å². The standard InChI is InChI=1S/C11H14N2/c1-11(6-7-11)9-4-2-8(3-5-9)10(12)13/h2-5H,6-7H2,1H3,(H3,12,13). The van der Waals surface area contributed by atoms with E-state index in [2.05, 4.69) is 19.1 Å². The van der Waals surface area contributed by atoms with Gasteiger partial charge in [0, 0.05) is 5.56 Å². The number of nitrogens with one attached hydrogen (secondary N) is 1. The average Bonchev–Trinajstić information content (AvgIpc) is 2.85. The monoisotopic (exact) mass is 174 g/mol. The molecule has 0 spiro atoms. The Balaban J connectivity index is 2.28. The lowest BCUT2D eigenvalue weighted by atomic mass is 9.97. The predicted octanol–water partition coefficient (Wildman–Crippen LogP) is 2.02. The molecule has 0 heterocycles. The van der Waals surface area contributed by atoms with Crippen LogP contribution >= 0.6 is 0 Å². The Labute approximate surface area is 78.3 Å². The van der Waals surface area contributed by atoms with E-state index in [0.29, 0.717) is 5.41 Å². The second kappa shape index (κ2) is 2.59. The number of benzene rings is 1. The summed E-state index contributed by atoms with van der Waals surface area (Å²) in [5.74, 6) is 0.146. The third kappa shape index (κ3) is 1.44. The Morgan fingerprint density at radius 1 is 1.31 bits per heavy atom. The SMILES string of the molecule is CC1(c2ccc(C(=N)N)cc2)CC1. The Morgan fingerprint density at radius 3 is 2.23 bits per heavy atom. The molecule has 1 aromatic rings. The summed E-state index contributed by atoms with van der Waals surface area (Å²) in [7, 11) is 0.